The van der Waals surface area contributed by atoms with E-state index < -0.39 is 0 Å². The van der Waals surface area contributed by atoms with E-state index in [0.29, 0.717) is 24.6 Å². The molecule has 162 valence electrons. The smallest absolute Gasteiger partial charge is 0.257 e. The fraction of sp³-hybridized carbons (Fsp3) is 0.391. The van der Waals surface area contributed by atoms with Crippen molar-refractivity contribution in [2.75, 3.05) is 6.61 Å². The van der Waals surface area contributed by atoms with Crippen LogP contribution in [-0.2, 0) is 6.54 Å². The van der Waals surface area contributed by atoms with Crippen molar-refractivity contribution in [3.05, 3.63) is 58.1 Å². The maximum atomic E-state index is 12.5. The number of halogens is 1. The number of thiocarbonyl (C=S) groups is 1. The number of nitrogens with one attached hydrogen (secondary N) is 2. The van der Waals surface area contributed by atoms with Gasteiger partial charge in [0, 0.05) is 12.1 Å². The largest absolute Gasteiger partial charge is 0.492 e. The Morgan fingerprint density at radius 3 is 2.40 bits per heavy atom. The number of benzene rings is 2. The van der Waals surface area contributed by atoms with Gasteiger partial charge in [-0.3, -0.25) is 10.1 Å². The zero-order valence-corrected chi connectivity index (χ0v) is 20.2. The van der Waals surface area contributed by atoms with Gasteiger partial charge in [0.05, 0.1) is 17.2 Å². The molecule has 0 bridgehead atoms. The SMILES string of the molecule is CC(C)CCOc1ccc(C(=O)NC(=S)NCc2ccc(OC(C)C)cc2)cc1Br. The van der Waals surface area contributed by atoms with Gasteiger partial charge < -0.3 is 14.8 Å². The molecule has 0 aliphatic heterocycles. The molecule has 2 aromatic rings. The number of rotatable bonds is 9. The summed E-state index contributed by atoms with van der Waals surface area (Å²) in [5.41, 5.74) is 1.53. The lowest BCUT2D eigenvalue weighted by Gasteiger charge is -2.13. The highest BCUT2D eigenvalue weighted by molar-refractivity contribution is 9.10. The zero-order chi connectivity index (χ0) is 22.1. The van der Waals surface area contributed by atoms with E-state index in [-0.39, 0.29) is 17.1 Å². The number of hydrogen-bond donors (Lipinski definition) is 2. The molecule has 5 nitrogen and oxygen atoms in total. The number of amides is 1. The lowest BCUT2D eigenvalue weighted by Crippen LogP contribution is -2.38. The predicted molar refractivity (Wildman–Crippen MR) is 128 cm³/mol. The van der Waals surface area contributed by atoms with Crippen LogP contribution >= 0.6 is 28.1 Å². The van der Waals surface area contributed by atoms with E-state index in [0.717, 1.165) is 28.0 Å². The van der Waals surface area contributed by atoms with Gasteiger partial charge in [-0.05, 0) is 90.2 Å². The third-order valence-electron chi connectivity index (χ3n) is 4.12. The van der Waals surface area contributed by atoms with Crippen LogP contribution in [0.1, 0.15) is 50.0 Å². The molecule has 0 spiro atoms. The molecule has 2 aromatic carbocycles. The van der Waals surface area contributed by atoms with Crippen LogP contribution < -0.4 is 20.1 Å². The van der Waals surface area contributed by atoms with E-state index in [9.17, 15) is 4.79 Å². The first-order valence-electron chi connectivity index (χ1n) is 10.0. The summed E-state index contributed by atoms with van der Waals surface area (Å²) < 4.78 is 12.1. The second kappa shape index (κ2) is 11.9. The van der Waals surface area contributed by atoms with Gasteiger partial charge in [0.25, 0.3) is 5.91 Å². The number of hydrogen-bond acceptors (Lipinski definition) is 4. The molecule has 0 fully saturated rings. The Bertz CT molecular complexity index is 854. The second-order valence-electron chi connectivity index (χ2n) is 7.62. The average molecular weight is 493 g/mol. The lowest BCUT2D eigenvalue weighted by molar-refractivity contribution is 0.0976. The van der Waals surface area contributed by atoms with Gasteiger partial charge in [-0.1, -0.05) is 26.0 Å². The fourth-order valence-corrected chi connectivity index (χ4v) is 3.18. The maximum Gasteiger partial charge on any atom is 0.257 e. The Labute approximate surface area is 192 Å². The minimum Gasteiger partial charge on any atom is -0.492 e. The molecule has 0 aliphatic carbocycles. The Balaban J connectivity index is 1.83. The lowest BCUT2D eigenvalue weighted by atomic mass is 10.1. The topological polar surface area (TPSA) is 59.6 Å². The highest BCUT2D eigenvalue weighted by atomic mass is 79.9. The van der Waals surface area contributed by atoms with Gasteiger partial charge in [-0.2, -0.15) is 0 Å². The highest BCUT2D eigenvalue weighted by Gasteiger charge is 2.11. The van der Waals surface area contributed by atoms with Gasteiger partial charge in [0.15, 0.2) is 5.11 Å². The van der Waals surface area contributed by atoms with E-state index in [1.165, 1.54) is 0 Å². The summed E-state index contributed by atoms with van der Waals surface area (Å²) >= 11 is 8.72. The van der Waals surface area contributed by atoms with E-state index in [1.54, 1.807) is 18.2 Å². The minimum atomic E-state index is -0.275. The first-order chi connectivity index (χ1) is 14.2. The van der Waals surface area contributed by atoms with Crippen LogP contribution in [-0.4, -0.2) is 23.7 Å². The summed E-state index contributed by atoms with van der Waals surface area (Å²) in [6.07, 6.45) is 1.11. The Morgan fingerprint density at radius 2 is 1.80 bits per heavy atom. The van der Waals surface area contributed by atoms with E-state index in [1.807, 2.05) is 38.1 Å². The van der Waals surface area contributed by atoms with E-state index in [4.69, 9.17) is 21.7 Å². The summed E-state index contributed by atoms with van der Waals surface area (Å²) in [6, 6.07) is 13.0. The maximum absolute atomic E-state index is 12.5. The molecule has 7 heteroatoms. The van der Waals surface area contributed by atoms with Crippen molar-refractivity contribution in [1.82, 2.24) is 10.6 Å². The van der Waals surface area contributed by atoms with Crippen LogP contribution in [0.4, 0.5) is 0 Å². The standard InChI is InChI=1S/C23H29BrN2O3S/c1-15(2)11-12-28-21-10-7-18(13-20(21)24)22(27)26-23(30)25-14-17-5-8-19(9-6-17)29-16(3)4/h5-10,13,15-16H,11-12,14H2,1-4H3,(H2,25,26,27,30). The predicted octanol–water partition coefficient (Wildman–Crippen LogP) is 5.47. The Hall–Kier alpha value is -2.12. The molecule has 0 saturated heterocycles. The minimum absolute atomic E-state index is 0.137. The second-order valence-corrected chi connectivity index (χ2v) is 8.89. The van der Waals surface area contributed by atoms with Crippen molar-refractivity contribution in [1.29, 1.82) is 0 Å². The number of ether oxygens (including phenoxy) is 2. The molecule has 1 amide bonds. The quantitative estimate of drug-likeness (QED) is 0.454. The van der Waals surface area contributed by atoms with Gasteiger partial charge in [0.2, 0.25) is 0 Å². The molecule has 2 rings (SSSR count). The number of carbonyl (C=O) groups is 1. The van der Waals surface area contributed by atoms with Crippen molar-refractivity contribution in [3.63, 3.8) is 0 Å². The molecule has 30 heavy (non-hydrogen) atoms. The van der Waals surface area contributed by atoms with E-state index in [2.05, 4.69) is 40.4 Å². The molecular formula is C23H29BrN2O3S. The third kappa shape index (κ3) is 8.32. The van der Waals surface area contributed by atoms with Crippen molar-refractivity contribution in [2.45, 2.75) is 46.8 Å². The van der Waals surface area contributed by atoms with Crippen LogP contribution in [0.25, 0.3) is 0 Å². The Kier molecular flexibility index (Phi) is 9.59. The van der Waals surface area contributed by atoms with E-state index >= 15 is 0 Å². The first-order valence-corrected chi connectivity index (χ1v) is 11.2. The monoisotopic (exact) mass is 492 g/mol. The van der Waals surface area contributed by atoms with Crippen molar-refractivity contribution >= 4 is 39.2 Å². The summed E-state index contributed by atoms with van der Waals surface area (Å²) in [6.45, 7) is 9.43. The van der Waals surface area contributed by atoms with Crippen molar-refractivity contribution in [3.8, 4) is 11.5 Å². The molecule has 0 saturated carbocycles. The molecule has 0 aliphatic rings. The van der Waals surface area contributed by atoms with Gasteiger partial charge >= 0.3 is 0 Å². The fourth-order valence-electron chi connectivity index (χ4n) is 2.52. The normalized spacial score (nSPS) is 10.8. The van der Waals surface area contributed by atoms with Gasteiger partial charge in [-0.15, -0.1) is 0 Å². The number of carbonyl (C=O) groups excluding carboxylic acids is 1. The van der Waals surface area contributed by atoms with Crippen LogP contribution in [0.5, 0.6) is 11.5 Å². The van der Waals surface area contributed by atoms with Crippen LogP contribution in [0.3, 0.4) is 0 Å². The molecule has 0 atom stereocenters. The average Bonchev–Trinajstić information content (AvgIpc) is 2.68. The van der Waals surface area contributed by atoms with Crippen LogP contribution in [0.2, 0.25) is 0 Å². The molecule has 0 radical (unpaired) electrons. The summed E-state index contributed by atoms with van der Waals surface area (Å²) in [5, 5.41) is 6.02. The molecule has 0 unspecified atom stereocenters. The summed E-state index contributed by atoms with van der Waals surface area (Å²) in [7, 11) is 0. The molecule has 0 heterocycles. The molecule has 0 aromatic heterocycles. The van der Waals surface area contributed by atoms with Crippen molar-refractivity contribution in [2.24, 2.45) is 5.92 Å². The van der Waals surface area contributed by atoms with Crippen LogP contribution in [0.15, 0.2) is 46.9 Å². The van der Waals surface area contributed by atoms with Crippen LogP contribution in [0, 0.1) is 5.92 Å². The molecule has 2 N–H and O–H groups in total. The van der Waals surface area contributed by atoms with Gasteiger partial charge in [-0.25, -0.2) is 0 Å². The Morgan fingerprint density at radius 1 is 1.10 bits per heavy atom. The zero-order valence-electron chi connectivity index (χ0n) is 17.8. The van der Waals surface area contributed by atoms with Gasteiger partial charge in [0.1, 0.15) is 11.5 Å². The third-order valence-corrected chi connectivity index (χ3v) is 4.99. The first kappa shape index (κ1) is 24.2. The molecular weight excluding hydrogens is 464 g/mol. The van der Waals surface area contributed by atoms with Crippen molar-refractivity contribution < 1.29 is 14.3 Å². The highest BCUT2D eigenvalue weighted by Crippen LogP contribution is 2.26. The summed E-state index contributed by atoms with van der Waals surface area (Å²) in [4.78, 5) is 12.5. The summed E-state index contributed by atoms with van der Waals surface area (Å²) in [5.74, 6) is 1.85.